The Balaban J connectivity index is 2.30. The third kappa shape index (κ3) is 1.74. The van der Waals surface area contributed by atoms with Gasteiger partial charge in [0, 0.05) is 5.69 Å². The third-order valence-corrected chi connectivity index (χ3v) is 3.22. The van der Waals surface area contributed by atoms with Gasteiger partial charge in [0.1, 0.15) is 11.4 Å². The summed E-state index contributed by atoms with van der Waals surface area (Å²) in [6, 6.07) is 5.74. The number of fused-ring (bicyclic) bond motifs is 1. The Labute approximate surface area is 90.6 Å². The van der Waals surface area contributed by atoms with Crippen LogP contribution in [0.5, 0.6) is 5.75 Å². The van der Waals surface area contributed by atoms with E-state index in [-0.39, 0.29) is 5.60 Å². The van der Waals surface area contributed by atoms with E-state index >= 15 is 0 Å². The van der Waals surface area contributed by atoms with Gasteiger partial charge >= 0.3 is 0 Å². The molecule has 0 amide bonds. The maximum atomic E-state index is 6.05. The van der Waals surface area contributed by atoms with Gasteiger partial charge in [-0.25, -0.2) is 0 Å². The molecule has 0 bridgehead atoms. The van der Waals surface area contributed by atoms with Crippen LogP contribution in [0, 0.1) is 0 Å². The minimum Gasteiger partial charge on any atom is -0.483 e. The molecule has 0 fully saturated rings. The van der Waals surface area contributed by atoms with Gasteiger partial charge in [0.25, 0.3) is 0 Å². The number of benzene rings is 1. The molecule has 0 saturated heterocycles. The molecule has 3 nitrogen and oxygen atoms in total. The Bertz CT molecular complexity index is 359. The van der Waals surface area contributed by atoms with Gasteiger partial charge in [-0.05, 0) is 31.0 Å². The Kier molecular flexibility index (Phi) is 2.47. The second-order valence-corrected chi connectivity index (χ2v) is 4.10. The van der Waals surface area contributed by atoms with Crippen molar-refractivity contribution < 1.29 is 4.74 Å². The smallest absolute Gasteiger partial charge is 0.143 e. The van der Waals surface area contributed by atoms with Crippen LogP contribution < -0.4 is 15.8 Å². The summed E-state index contributed by atoms with van der Waals surface area (Å²) in [7, 11) is 0. The van der Waals surface area contributed by atoms with Crippen LogP contribution in [0.15, 0.2) is 18.2 Å². The Hall–Kier alpha value is -1.38. The summed E-state index contributed by atoms with van der Waals surface area (Å²) in [5.74, 6) is 0.916. The van der Waals surface area contributed by atoms with E-state index in [9.17, 15) is 0 Å². The highest BCUT2D eigenvalue weighted by Gasteiger charge is 2.32. The van der Waals surface area contributed by atoms with Crippen LogP contribution in [0.1, 0.15) is 26.7 Å². The van der Waals surface area contributed by atoms with E-state index in [1.165, 1.54) is 0 Å². The van der Waals surface area contributed by atoms with E-state index < -0.39 is 0 Å². The quantitative estimate of drug-likeness (QED) is 0.731. The minimum absolute atomic E-state index is 0.0525. The molecule has 0 unspecified atom stereocenters. The maximum Gasteiger partial charge on any atom is 0.143 e. The molecule has 2 rings (SSSR count). The number of ether oxygens (including phenoxy) is 1. The molecule has 1 aromatic rings. The number of hydrogen-bond donors (Lipinski definition) is 2. The van der Waals surface area contributed by atoms with Gasteiger partial charge in [-0.15, -0.1) is 0 Å². The third-order valence-electron chi connectivity index (χ3n) is 3.22. The lowest BCUT2D eigenvalue weighted by atomic mass is 9.95. The topological polar surface area (TPSA) is 47.3 Å². The van der Waals surface area contributed by atoms with Crippen molar-refractivity contribution in [1.82, 2.24) is 0 Å². The largest absolute Gasteiger partial charge is 0.483 e. The first-order valence-corrected chi connectivity index (χ1v) is 5.51. The Morgan fingerprint density at radius 3 is 2.80 bits per heavy atom. The van der Waals surface area contributed by atoms with Crippen LogP contribution in [0.3, 0.4) is 0 Å². The lowest BCUT2D eigenvalue weighted by Gasteiger charge is -2.38. The lowest BCUT2D eigenvalue weighted by molar-refractivity contribution is 0.0671. The maximum absolute atomic E-state index is 6.05. The summed E-state index contributed by atoms with van der Waals surface area (Å²) >= 11 is 0. The summed E-state index contributed by atoms with van der Waals surface area (Å²) in [6.45, 7) is 5.18. The lowest BCUT2D eigenvalue weighted by Crippen LogP contribution is -2.44. The molecule has 3 heteroatoms. The summed E-state index contributed by atoms with van der Waals surface area (Å²) in [6.07, 6.45) is 2.03. The predicted molar refractivity (Wildman–Crippen MR) is 63.3 cm³/mol. The molecule has 0 atom stereocenters. The first-order valence-electron chi connectivity index (χ1n) is 5.51. The monoisotopic (exact) mass is 206 g/mol. The van der Waals surface area contributed by atoms with Crippen molar-refractivity contribution >= 4 is 11.4 Å². The molecule has 0 aromatic heterocycles. The highest BCUT2D eigenvalue weighted by atomic mass is 16.5. The van der Waals surface area contributed by atoms with Crippen molar-refractivity contribution in [1.29, 1.82) is 0 Å². The predicted octanol–water partition coefficient (Wildman–Crippen LogP) is 2.63. The molecular formula is C12H18N2O. The zero-order valence-corrected chi connectivity index (χ0v) is 9.34. The minimum atomic E-state index is -0.0525. The van der Waals surface area contributed by atoms with Crippen LogP contribution in [-0.4, -0.2) is 12.1 Å². The van der Waals surface area contributed by atoms with Crippen LogP contribution in [0.25, 0.3) is 0 Å². The molecule has 1 aliphatic heterocycles. The van der Waals surface area contributed by atoms with Gasteiger partial charge in [-0.1, -0.05) is 13.8 Å². The highest BCUT2D eigenvalue weighted by molar-refractivity contribution is 5.64. The molecule has 0 aliphatic carbocycles. The van der Waals surface area contributed by atoms with Crippen molar-refractivity contribution in [3.05, 3.63) is 18.2 Å². The van der Waals surface area contributed by atoms with Crippen LogP contribution >= 0.6 is 0 Å². The van der Waals surface area contributed by atoms with Gasteiger partial charge in [-0.3, -0.25) is 0 Å². The van der Waals surface area contributed by atoms with Gasteiger partial charge < -0.3 is 15.8 Å². The Morgan fingerprint density at radius 2 is 2.13 bits per heavy atom. The van der Waals surface area contributed by atoms with E-state index in [0.29, 0.717) is 0 Å². The van der Waals surface area contributed by atoms with E-state index in [4.69, 9.17) is 10.5 Å². The highest BCUT2D eigenvalue weighted by Crippen LogP contribution is 2.36. The average molecular weight is 206 g/mol. The van der Waals surface area contributed by atoms with Crippen LogP contribution in [0.4, 0.5) is 11.4 Å². The molecule has 82 valence electrons. The number of rotatable bonds is 2. The summed E-state index contributed by atoms with van der Waals surface area (Å²) in [5.41, 5.74) is 7.44. The van der Waals surface area contributed by atoms with Gasteiger partial charge in [0.15, 0.2) is 0 Å². The zero-order chi connectivity index (χ0) is 10.9. The molecule has 1 aromatic carbocycles. The van der Waals surface area contributed by atoms with Crippen molar-refractivity contribution in [2.75, 3.05) is 17.6 Å². The van der Waals surface area contributed by atoms with Crippen molar-refractivity contribution in [3.63, 3.8) is 0 Å². The van der Waals surface area contributed by atoms with Gasteiger partial charge in [-0.2, -0.15) is 0 Å². The summed E-state index contributed by atoms with van der Waals surface area (Å²) in [5, 5.41) is 3.39. The number of nitrogen functional groups attached to an aromatic ring is 1. The van der Waals surface area contributed by atoms with Gasteiger partial charge in [0.05, 0.1) is 12.2 Å². The molecule has 1 aliphatic rings. The van der Waals surface area contributed by atoms with E-state index in [1.54, 1.807) is 0 Å². The van der Waals surface area contributed by atoms with E-state index in [0.717, 1.165) is 36.5 Å². The van der Waals surface area contributed by atoms with Crippen molar-refractivity contribution in [2.45, 2.75) is 32.3 Å². The number of nitrogens with one attached hydrogen (secondary N) is 1. The fourth-order valence-corrected chi connectivity index (χ4v) is 1.94. The van der Waals surface area contributed by atoms with Crippen LogP contribution in [0.2, 0.25) is 0 Å². The number of hydrogen-bond acceptors (Lipinski definition) is 3. The molecule has 0 radical (unpaired) electrons. The molecule has 0 saturated carbocycles. The Morgan fingerprint density at radius 1 is 1.40 bits per heavy atom. The number of anilines is 2. The average Bonchev–Trinajstić information content (AvgIpc) is 2.28. The molecule has 3 N–H and O–H groups in total. The van der Waals surface area contributed by atoms with E-state index in [1.807, 2.05) is 18.2 Å². The fourth-order valence-electron chi connectivity index (χ4n) is 1.94. The van der Waals surface area contributed by atoms with Crippen molar-refractivity contribution in [2.24, 2.45) is 0 Å². The first kappa shape index (κ1) is 10.1. The molecule has 1 heterocycles. The molecular weight excluding hydrogens is 188 g/mol. The second-order valence-electron chi connectivity index (χ2n) is 4.10. The van der Waals surface area contributed by atoms with E-state index in [2.05, 4.69) is 19.2 Å². The zero-order valence-electron chi connectivity index (χ0n) is 9.34. The number of nitrogens with two attached hydrogens (primary N) is 1. The SMILES string of the molecule is CCC1(CC)CNc2cc(N)ccc2O1. The normalized spacial score (nSPS) is 17.5. The second kappa shape index (κ2) is 3.65. The van der Waals surface area contributed by atoms with Gasteiger partial charge in [0.2, 0.25) is 0 Å². The summed E-state index contributed by atoms with van der Waals surface area (Å²) in [4.78, 5) is 0. The fraction of sp³-hybridized carbons (Fsp3) is 0.500. The molecule has 15 heavy (non-hydrogen) atoms. The van der Waals surface area contributed by atoms with Crippen LogP contribution in [-0.2, 0) is 0 Å². The summed E-state index contributed by atoms with van der Waals surface area (Å²) < 4.78 is 6.05. The van der Waals surface area contributed by atoms with Crippen molar-refractivity contribution in [3.8, 4) is 5.75 Å². The first-order chi connectivity index (χ1) is 7.19. The standard InChI is InChI=1S/C12H18N2O/c1-3-12(4-2)8-14-10-7-9(13)5-6-11(10)15-12/h5-7,14H,3-4,8,13H2,1-2H3. The molecule has 0 spiro atoms.